The first-order valence-corrected chi connectivity index (χ1v) is 7.71. The van der Waals surface area contributed by atoms with Crippen LogP contribution in [0.15, 0.2) is 30.3 Å². The van der Waals surface area contributed by atoms with Gasteiger partial charge in [0.15, 0.2) is 5.78 Å². The second-order valence-corrected chi connectivity index (χ2v) is 5.82. The molecule has 0 aliphatic heterocycles. The van der Waals surface area contributed by atoms with E-state index in [4.69, 9.17) is 4.74 Å². The number of carbonyl (C=O) groups excluding carboxylic acids is 1. The molecule has 1 aliphatic rings. The Balaban J connectivity index is 1.99. The van der Waals surface area contributed by atoms with Crippen LogP contribution >= 0.6 is 0 Å². The Morgan fingerprint density at radius 2 is 2.00 bits per heavy atom. The summed E-state index contributed by atoms with van der Waals surface area (Å²) in [5.74, 6) is 0.129. The molecule has 0 bridgehead atoms. The Kier molecular flexibility index (Phi) is 3.77. The second-order valence-electron chi connectivity index (χ2n) is 5.82. The number of Topliss-reactive ketones (excluding diaryl/α,β-unsaturated/α-hetero) is 1. The zero-order valence-electron chi connectivity index (χ0n) is 12.7. The lowest BCUT2D eigenvalue weighted by Gasteiger charge is -2.27. The summed E-state index contributed by atoms with van der Waals surface area (Å²) in [6.45, 7) is 4.52. The van der Waals surface area contributed by atoms with E-state index in [9.17, 15) is 4.79 Å². The highest BCUT2D eigenvalue weighted by Crippen LogP contribution is 2.36. The van der Waals surface area contributed by atoms with E-state index in [-0.39, 0.29) is 5.78 Å². The van der Waals surface area contributed by atoms with Crippen molar-refractivity contribution in [1.82, 2.24) is 4.98 Å². The Labute approximate surface area is 125 Å². The number of hydrogen-bond acceptors (Lipinski definition) is 3. The number of fused-ring (bicyclic) bond motifs is 1. The van der Waals surface area contributed by atoms with Crippen LogP contribution in [0.1, 0.15) is 48.7 Å². The molecule has 1 aliphatic carbocycles. The lowest BCUT2D eigenvalue weighted by Crippen LogP contribution is -2.38. The van der Waals surface area contributed by atoms with Crippen LogP contribution in [-0.4, -0.2) is 23.0 Å². The molecule has 1 saturated carbocycles. The number of rotatable bonds is 4. The van der Waals surface area contributed by atoms with Gasteiger partial charge < -0.3 is 4.74 Å². The van der Waals surface area contributed by atoms with Crippen molar-refractivity contribution in [1.29, 1.82) is 0 Å². The third kappa shape index (κ3) is 2.58. The predicted molar refractivity (Wildman–Crippen MR) is 83.6 cm³/mol. The van der Waals surface area contributed by atoms with E-state index in [1.54, 1.807) is 0 Å². The van der Waals surface area contributed by atoms with Gasteiger partial charge in [0, 0.05) is 23.3 Å². The number of benzene rings is 1. The fourth-order valence-electron chi connectivity index (χ4n) is 3.29. The molecular formula is C18H21NO2. The number of nitrogens with zero attached hydrogens (tertiary/aromatic N) is 1. The molecule has 0 saturated heterocycles. The normalized spacial score (nSPS) is 17.2. The predicted octanol–water partition coefficient (Wildman–Crippen LogP) is 4.08. The maximum Gasteiger partial charge on any atom is 0.194 e. The molecule has 0 radical (unpaired) electrons. The van der Waals surface area contributed by atoms with Gasteiger partial charge in [-0.15, -0.1) is 0 Å². The number of carbonyl (C=O) groups is 1. The van der Waals surface area contributed by atoms with Crippen molar-refractivity contribution in [3.8, 4) is 0 Å². The highest BCUT2D eigenvalue weighted by molar-refractivity contribution is 6.04. The Morgan fingerprint density at radius 3 is 2.71 bits per heavy atom. The van der Waals surface area contributed by atoms with Crippen molar-refractivity contribution in [3.05, 3.63) is 41.6 Å². The second kappa shape index (κ2) is 5.57. The minimum atomic E-state index is -0.597. The van der Waals surface area contributed by atoms with Crippen LogP contribution in [0.3, 0.4) is 0 Å². The van der Waals surface area contributed by atoms with Gasteiger partial charge in [-0.1, -0.05) is 6.07 Å². The van der Waals surface area contributed by atoms with Gasteiger partial charge in [0.1, 0.15) is 5.60 Å². The average Bonchev–Trinajstić information content (AvgIpc) is 2.96. The number of pyridine rings is 1. The van der Waals surface area contributed by atoms with E-state index in [0.29, 0.717) is 6.61 Å². The minimum Gasteiger partial charge on any atom is -0.367 e. The van der Waals surface area contributed by atoms with E-state index in [0.717, 1.165) is 47.8 Å². The number of hydrogen-bond donors (Lipinski definition) is 0. The SMILES string of the molecule is CCOC1(C(=O)c2ccc3nc(C)ccc3c2)CCCC1. The van der Waals surface area contributed by atoms with Gasteiger partial charge in [-0.2, -0.15) is 0 Å². The van der Waals surface area contributed by atoms with Gasteiger partial charge in [0.25, 0.3) is 0 Å². The van der Waals surface area contributed by atoms with Gasteiger partial charge in [-0.25, -0.2) is 0 Å². The van der Waals surface area contributed by atoms with Crippen molar-refractivity contribution in [2.45, 2.75) is 45.1 Å². The van der Waals surface area contributed by atoms with E-state index in [2.05, 4.69) is 4.98 Å². The first kappa shape index (κ1) is 14.2. The van der Waals surface area contributed by atoms with E-state index in [1.807, 2.05) is 44.2 Å². The van der Waals surface area contributed by atoms with Crippen LogP contribution in [0.2, 0.25) is 0 Å². The summed E-state index contributed by atoms with van der Waals surface area (Å²) in [7, 11) is 0. The van der Waals surface area contributed by atoms with Crippen LogP contribution in [-0.2, 0) is 4.74 Å². The molecule has 0 spiro atoms. The highest BCUT2D eigenvalue weighted by atomic mass is 16.5. The summed E-state index contributed by atoms with van der Waals surface area (Å²) < 4.78 is 5.87. The largest absolute Gasteiger partial charge is 0.367 e. The quantitative estimate of drug-likeness (QED) is 0.794. The summed E-state index contributed by atoms with van der Waals surface area (Å²) in [6.07, 6.45) is 3.81. The monoisotopic (exact) mass is 283 g/mol. The standard InChI is InChI=1S/C18H21NO2/c1-3-21-18(10-4-5-11-18)17(20)15-8-9-16-14(12-15)7-6-13(2)19-16/h6-9,12H,3-5,10-11H2,1-2H3. The first-order chi connectivity index (χ1) is 10.1. The molecule has 3 rings (SSSR count). The average molecular weight is 283 g/mol. The molecule has 1 aromatic heterocycles. The number of aryl methyl sites for hydroxylation is 1. The summed E-state index contributed by atoms with van der Waals surface area (Å²) >= 11 is 0. The fraction of sp³-hybridized carbons (Fsp3) is 0.444. The topological polar surface area (TPSA) is 39.2 Å². The Hall–Kier alpha value is -1.74. The number of ketones is 1. The van der Waals surface area contributed by atoms with E-state index < -0.39 is 5.60 Å². The smallest absolute Gasteiger partial charge is 0.194 e. The van der Waals surface area contributed by atoms with Gasteiger partial charge in [0.05, 0.1) is 5.52 Å². The van der Waals surface area contributed by atoms with Gasteiger partial charge in [-0.3, -0.25) is 9.78 Å². The first-order valence-electron chi connectivity index (χ1n) is 7.71. The van der Waals surface area contributed by atoms with E-state index >= 15 is 0 Å². The van der Waals surface area contributed by atoms with Crippen LogP contribution in [0.4, 0.5) is 0 Å². The zero-order valence-corrected chi connectivity index (χ0v) is 12.7. The molecule has 1 fully saturated rings. The maximum absolute atomic E-state index is 12.9. The molecule has 0 atom stereocenters. The Bertz CT molecular complexity index is 672. The van der Waals surface area contributed by atoms with Crippen LogP contribution in [0.25, 0.3) is 10.9 Å². The van der Waals surface area contributed by atoms with E-state index in [1.165, 1.54) is 0 Å². The molecule has 3 heteroatoms. The van der Waals surface area contributed by atoms with Crippen molar-refractivity contribution in [2.24, 2.45) is 0 Å². The van der Waals surface area contributed by atoms with Crippen LogP contribution in [0.5, 0.6) is 0 Å². The van der Waals surface area contributed by atoms with Crippen molar-refractivity contribution in [2.75, 3.05) is 6.61 Å². The third-order valence-corrected chi connectivity index (χ3v) is 4.34. The molecular weight excluding hydrogens is 262 g/mol. The molecule has 21 heavy (non-hydrogen) atoms. The minimum absolute atomic E-state index is 0.129. The van der Waals surface area contributed by atoms with Gasteiger partial charge in [0.2, 0.25) is 0 Å². The van der Waals surface area contributed by atoms with Crippen molar-refractivity contribution >= 4 is 16.7 Å². The lowest BCUT2D eigenvalue weighted by atomic mass is 9.90. The van der Waals surface area contributed by atoms with Crippen LogP contribution in [0, 0.1) is 6.92 Å². The molecule has 0 amide bonds. The van der Waals surface area contributed by atoms with Gasteiger partial charge in [-0.05, 0) is 63.8 Å². The Morgan fingerprint density at radius 1 is 1.24 bits per heavy atom. The van der Waals surface area contributed by atoms with Gasteiger partial charge >= 0.3 is 0 Å². The summed E-state index contributed by atoms with van der Waals surface area (Å²) in [4.78, 5) is 17.4. The summed E-state index contributed by atoms with van der Waals surface area (Å²) in [6, 6.07) is 9.77. The zero-order chi connectivity index (χ0) is 14.9. The summed E-state index contributed by atoms with van der Waals surface area (Å²) in [5, 5.41) is 1.01. The summed E-state index contributed by atoms with van der Waals surface area (Å²) in [5.41, 5.74) is 2.07. The molecule has 0 N–H and O–H groups in total. The highest BCUT2D eigenvalue weighted by Gasteiger charge is 2.42. The molecule has 3 nitrogen and oxygen atoms in total. The number of ether oxygens (including phenoxy) is 1. The molecule has 0 unspecified atom stereocenters. The molecule has 110 valence electrons. The number of aromatic nitrogens is 1. The lowest BCUT2D eigenvalue weighted by molar-refractivity contribution is -0.0163. The third-order valence-electron chi connectivity index (χ3n) is 4.34. The molecule has 2 aromatic rings. The molecule has 1 heterocycles. The molecule has 1 aromatic carbocycles. The van der Waals surface area contributed by atoms with Crippen molar-refractivity contribution in [3.63, 3.8) is 0 Å². The van der Waals surface area contributed by atoms with Crippen LogP contribution < -0.4 is 0 Å². The van der Waals surface area contributed by atoms with Crippen molar-refractivity contribution < 1.29 is 9.53 Å². The maximum atomic E-state index is 12.9. The fourth-order valence-corrected chi connectivity index (χ4v) is 3.29.